The minimum atomic E-state index is -0.435. The van der Waals surface area contributed by atoms with Crippen LogP contribution in [-0.2, 0) is 0 Å². The summed E-state index contributed by atoms with van der Waals surface area (Å²) in [4.78, 5) is 24.5. The van der Waals surface area contributed by atoms with Crippen molar-refractivity contribution in [3.05, 3.63) is 57.0 Å². The van der Waals surface area contributed by atoms with Crippen LogP contribution in [0.5, 0.6) is 0 Å². The first-order chi connectivity index (χ1) is 11.0. The molecule has 0 saturated heterocycles. The molecule has 0 bridgehead atoms. The van der Waals surface area contributed by atoms with Gasteiger partial charge < -0.3 is 5.32 Å². The van der Waals surface area contributed by atoms with E-state index >= 15 is 0 Å². The number of hydrogen-bond acceptors (Lipinski definition) is 3. The lowest BCUT2D eigenvalue weighted by Crippen LogP contribution is -2.38. The van der Waals surface area contributed by atoms with E-state index in [0.717, 1.165) is 12.8 Å². The Morgan fingerprint density at radius 1 is 1.39 bits per heavy atom. The zero-order valence-electron chi connectivity index (χ0n) is 13.0. The lowest BCUT2D eigenvalue weighted by Gasteiger charge is -2.15. The van der Waals surface area contributed by atoms with Gasteiger partial charge in [-0.15, -0.1) is 0 Å². The van der Waals surface area contributed by atoms with Gasteiger partial charge in [-0.3, -0.25) is 9.59 Å². The number of benzene rings is 1. The second-order valence-electron chi connectivity index (χ2n) is 5.96. The summed E-state index contributed by atoms with van der Waals surface area (Å²) in [5.74, 6) is 0.0744. The average molecular weight is 332 g/mol. The van der Waals surface area contributed by atoms with E-state index in [9.17, 15) is 9.59 Å². The quantitative estimate of drug-likeness (QED) is 0.937. The Balaban J connectivity index is 1.98. The molecule has 23 heavy (non-hydrogen) atoms. The van der Waals surface area contributed by atoms with E-state index in [0.29, 0.717) is 22.3 Å². The van der Waals surface area contributed by atoms with Crippen molar-refractivity contribution in [2.24, 2.45) is 5.92 Å². The largest absolute Gasteiger partial charge is 0.348 e. The fourth-order valence-electron chi connectivity index (χ4n) is 2.56. The number of hydrogen-bond donors (Lipinski definition) is 1. The maximum absolute atomic E-state index is 12.4. The number of nitrogens with zero attached hydrogens (tertiary/aromatic N) is 2. The smallest absolute Gasteiger partial charge is 0.276 e. The van der Waals surface area contributed by atoms with Crippen molar-refractivity contribution in [3.8, 4) is 5.69 Å². The molecule has 1 fully saturated rings. The van der Waals surface area contributed by atoms with E-state index in [-0.39, 0.29) is 17.2 Å². The summed E-state index contributed by atoms with van der Waals surface area (Å²) >= 11 is 6.20. The van der Waals surface area contributed by atoms with Gasteiger partial charge in [0, 0.05) is 17.8 Å². The van der Waals surface area contributed by atoms with Crippen LogP contribution in [0, 0.1) is 12.8 Å². The lowest BCUT2D eigenvalue weighted by molar-refractivity contribution is 0.0927. The van der Waals surface area contributed by atoms with Crippen LogP contribution >= 0.6 is 11.6 Å². The summed E-state index contributed by atoms with van der Waals surface area (Å²) in [6.07, 6.45) is 2.24. The standard InChI is InChI=1S/C17H18ClN3O2/c1-10-9-15(22)16(17(23)19-11(2)12-7-8-12)20-21(10)14-6-4-3-5-13(14)18/h3-6,9,11-12H,7-8H2,1-2H3,(H,19,23)/t11-/m1/s1. The second-order valence-corrected chi connectivity index (χ2v) is 6.37. The molecule has 0 aliphatic heterocycles. The third-order valence-corrected chi connectivity index (χ3v) is 4.41. The SMILES string of the molecule is Cc1cc(=O)c(C(=O)N[C@H](C)C2CC2)nn1-c1ccccc1Cl. The molecule has 1 aliphatic carbocycles. The number of para-hydroxylation sites is 1. The third kappa shape index (κ3) is 3.29. The van der Waals surface area contributed by atoms with E-state index in [1.54, 1.807) is 19.1 Å². The maximum Gasteiger partial charge on any atom is 0.276 e. The van der Waals surface area contributed by atoms with E-state index in [2.05, 4.69) is 10.4 Å². The van der Waals surface area contributed by atoms with Crippen LogP contribution in [-0.4, -0.2) is 21.7 Å². The Morgan fingerprint density at radius 3 is 2.74 bits per heavy atom. The summed E-state index contributed by atoms with van der Waals surface area (Å²) in [6, 6.07) is 8.64. The molecule has 5 nitrogen and oxygen atoms in total. The number of carbonyl (C=O) groups excluding carboxylic acids is 1. The number of amides is 1. The number of aromatic nitrogens is 2. The number of aryl methyl sites for hydroxylation is 1. The molecular formula is C17H18ClN3O2. The molecule has 120 valence electrons. The molecule has 1 N–H and O–H groups in total. The number of nitrogens with one attached hydrogen (secondary N) is 1. The first-order valence-electron chi connectivity index (χ1n) is 7.64. The molecule has 0 spiro atoms. The summed E-state index contributed by atoms with van der Waals surface area (Å²) < 4.78 is 1.53. The van der Waals surface area contributed by atoms with Crippen LogP contribution in [0.3, 0.4) is 0 Å². The van der Waals surface area contributed by atoms with Gasteiger partial charge >= 0.3 is 0 Å². The van der Waals surface area contributed by atoms with E-state index < -0.39 is 5.91 Å². The third-order valence-electron chi connectivity index (χ3n) is 4.09. The van der Waals surface area contributed by atoms with E-state index in [1.807, 2.05) is 19.1 Å². The highest BCUT2D eigenvalue weighted by Gasteiger charge is 2.30. The van der Waals surface area contributed by atoms with Gasteiger partial charge in [-0.1, -0.05) is 23.7 Å². The molecule has 1 heterocycles. The molecule has 1 aliphatic rings. The highest BCUT2D eigenvalue weighted by Crippen LogP contribution is 2.32. The molecule has 0 unspecified atom stereocenters. The van der Waals surface area contributed by atoms with Crippen molar-refractivity contribution in [1.29, 1.82) is 0 Å². The normalized spacial score (nSPS) is 15.3. The van der Waals surface area contributed by atoms with Crippen molar-refractivity contribution in [2.45, 2.75) is 32.7 Å². The molecule has 6 heteroatoms. The fourth-order valence-corrected chi connectivity index (χ4v) is 2.78. The number of rotatable bonds is 4. The van der Waals surface area contributed by atoms with Gasteiger partial charge in [-0.2, -0.15) is 5.10 Å². The first kappa shape index (κ1) is 15.7. The number of halogens is 1. The Morgan fingerprint density at radius 2 is 2.09 bits per heavy atom. The molecule has 3 rings (SSSR count). The zero-order chi connectivity index (χ0) is 16.6. The second kappa shape index (κ2) is 6.16. The van der Waals surface area contributed by atoms with E-state index in [4.69, 9.17) is 11.6 Å². The monoisotopic (exact) mass is 331 g/mol. The van der Waals surface area contributed by atoms with E-state index in [1.165, 1.54) is 10.7 Å². The van der Waals surface area contributed by atoms with Gasteiger partial charge in [0.25, 0.3) is 5.91 Å². The van der Waals surface area contributed by atoms with Crippen LogP contribution in [0.15, 0.2) is 35.1 Å². The molecule has 1 aromatic heterocycles. The summed E-state index contributed by atoms with van der Waals surface area (Å²) in [7, 11) is 0. The Kier molecular flexibility index (Phi) is 4.22. The summed E-state index contributed by atoms with van der Waals surface area (Å²) in [5, 5.41) is 7.61. The van der Waals surface area contributed by atoms with Crippen molar-refractivity contribution in [3.63, 3.8) is 0 Å². The molecule has 1 saturated carbocycles. The Hall–Kier alpha value is -2.14. The van der Waals surface area contributed by atoms with Crippen LogP contribution in [0.2, 0.25) is 5.02 Å². The predicted molar refractivity (Wildman–Crippen MR) is 89.2 cm³/mol. The minimum Gasteiger partial charge on any atom is -0.348 e. The van der Waals surface area contributed by atoms with Crippen molar-refractivity contribution in [1.82, 2.24) is 15.1 Å². The minimum absolute atomic E-state index is 0.0544. The average Bonchev–Trinajstić information content (AvgIpc) is 3.33. The first-order valence-corrected chi connectivity index (χ1v) is 8.02. The van der Waals surface area contributed by atoms with Gasteiger partial charge in [0.2, 0.25) is 5.43 Å². The van der Waals surface area contributed by atoms with Crippen LogP contribution in [0.4, 0.5) is 0 Å². The zero-order valence-corrected chi connectivity index (χ0v) is 13.8. The Labute approximate surface area is 139 Å². The highest BCUT2D eigenvalue weighted by molar-refractivity contribution is 6.32. The predicted octanol–water partition coefficient (Wildman–Crippen LogP) is 2.72. The van der Waals surface area contributed by atoms with Gasteiger partial charge in [-0.25, -0.2) is 4.68 Å². The van der Waals surface area contributed by atoms with Gasteiger partial charge in [0.05, 0.1) is 10.7 Å². The molecule has 1 aromatic carbocycles. The van der Waals surface area contributed by atoms with Crippen LogP contribution in [0.25, 0.3) is 5.69 Å². The van der Waals surface area contributed by atoms with Crippen molar-refractivity contribution < 1.29 is 4.79 Å². The summed E-state index contributed by atoms with van der Waals surface area (Å²) in [6.45, 7) is 3.71. The summed E-state index contributed by atoms with van der Waals surface area (Å²) in [5.41, 5.74) is 0.764. The van der Waals surface area contributed by atoms with Gasteiger partial charge in [0.1, 0.15) is 0 Å². The number of carbonyl (C=O) groups is 1. The fraction of sp³-hybridized carbons (Fsp3) is 0.353. The molecular weight excluding hydrogens is 314 g/mol. The maximum atomic E-state index is 12.4. The lowest BCUT2D eigenvalue weighted by atomic mass is 10.2. The van der Waals surface area contributed by atoms with Gasteiger partial charge in [-0.05, 0) is 44.7 Å². The topological polar surface area (TPSA) is 64.0 Å². The Bertz CT molecular complexity index is 812. The molecule has 2 aromatic rings. The molecule has 1 amide bonds. The molecule has 0 radical (unpaired) electrons. The van der Waals surface area contributed by atoms with Crippen LogP contribution in [0.1, 0.15) is 35.9 Å². The molecule has 1 atom stereocenters. The highest BCUT2D eigenvalue weighted by atomic mass is 35.5. The van der Waals surface area contributed by atoms with Crippen LogP contribution < -0.4 is 10.7 Å². The van der Waals surface area contributed by atoms with Gasteiger partial charge in [0.15, 0.2) is 5.69 Å². The van der Waals surface area contributed by atoms with Crippen molar-refractivity contribution >= 4 is 17.5 Å². The van der Waals surface area contributed by atoms with Crippen molar-refractivity contribution in [2.75, 3.05) is 0 Å².